The molecule has 0 radical (unpaired) electrons. The van der Waals surface area contributed by atoms with Crippen molar-refractivity contribution in [1.29, 1.82) is 0 Å². The Morgan fingerprint density at radius 1 is 0.923 bits per heavy atom. The molecule has 2 aromatic rings. The van der Waals surface area contributed by atoms with Gasteiger partial charge >= 0.3 is 29.6 Å². The van der Waals surface area contributed by atoms with Crippen LogP contribution in [0.2, 0.25) is 0 Å². The second-order valence-electron chi connectivity index (χ2n) is 5.00. The predicted octanol–water partition coefficient (Wildman–Crippen LogP) is 2.89. The van der Waals surface area contributed by atoms with Crippen molar-refractivity contribution in [2.24, 2.45) is 0 Å². The molecule has 6 nitrogen and oxygen atoms in total. The summed E-state index contributed by atoms with van der Waals surface area (Å²) < 4.78 is 60.3. The Kier molecular flexibility index (Phi) is 9.68. The van der Waals surface area contributed by atoms with Gasteiger partial charge in [0.15, 0.2) is 0 Å². The topological polar surface area (TPSA) is 109 Å². The van der Waals surface area contributed by atoms with E-state index in [-0.39, 0.29) is 39.3 Å². The van der Waals surface area contributed by atoms with Gasteiger partial charge in [-0.05, 0) is 41.8 Å². The Labute approximate surface area is 176 Å². The quantitative estimate of drug-likeness (QED) is 0.597. The summed E-state index contributed by atoms with van der Waals surface area (Å²) in [6.07, 6.45) is 1.59. The Morgan fingerprint density at radius 3 is 1.77 bits per heavy atom. The summed E-state index contributed by atoms with van der Waals surface area (Å²) in [5.41, 5.74) is 1.86. The van der Waals surface area contributed by atoms with Crippen LogP contribution in [-0.2, 0) is 20.2 Å². The Balaban J connectivity index is 0.000000464. The van der Waals surface area contributed by atoms with Crippen LogP contribution >= 0.6 is 0 Å². The minimum absolute atomic E-state index is 0. The van der Waals surface area contributed by atoms with Crippen molar-refractivity contribution in [1.82, 2.24) is 0 Å². The van der Waals surface area contributed by atoms with Crippen LogP contribution in [0.1, 0.15) is 18.1 Å². The van der Waals surface area contributed by atoms with Crippen molar-refractivity contribution in [2.75, 3.05) is 0 Å². The first kappa shape index (κ1) is 24.7. The van der Waals surface area contributed by atoms with Gasteiger partial charge in [-0.2, -0.15) is 16.8 Å². The third-order valence-electron chi connectivity index (χ3n) is 3.04. The molecule has 0 bridgehead atoms. The Bertz CT molecular complexity index is 978. The van der Waals surface area contributed by atoms with E-state index in [1.807, 2.05) is 0 Å². The first-order chi connectivity index (χ1) is 11.5. The average molecular weight is 406 g/mol. The van der Waals surface area contributed by atoms with Gasteiger partial charge in [-0.25, -0.2) is 0 Å². The van der Waals surface area contributed by atoms with Crippen LogP contribution in [0.4, 0.5) is 0 Å². The van der Waals surface area contributed by atoms with Crippen LogP contribution in [0.5, 0.6) is 0 Å². The van der Waals surface area contributed by atoms with Gasteiger partial charge in [-0.1, -0.05) is 49.6 Å². The van der Waals surface area contributed by atoms with E-state index in [1.165, 1.54) is 18.2 Å². The summed E-state index contributed by atoms with van der Waals surface area (Å²) in [6, 6.07) is 12.0. The summed E-state index contributed by atoms with van der Waals surface area (Å²) in [5, 5.41) is 0. The fraction of sp³-hybridized carbons (Fsp3) is 0.0588. The Morgan fingerprint density at radius 2 is 1.42 bits per heavy atom. The molecular formula is C17H19NaO6S2. The van der Waals surface area contributed by atoms with Crippen LogP contribution in [0.25, 0.3) is 11.6 Å². The van der Waals surface area contributed by atoms with Crippen LogP contribution in [-0.4, -0.2) is 55.5 Å². The van der Waals surface area contributed by atoms with E-state index >= 15 is 0 Å². The molecule has 9 heteroatoms. The molecule has 0 atom stereocenters. The first-order valence-corrected chi connectivity index (χ1v) is 9.77. The van der Waals surface area contributed by atoms with Gasteiger partial charge in [0.1, 0.15) is 4.90 Å². The third-order valence-corrected chi connectivity index (χ3v) is 4.82. The van der Waals surface area contributed by atoms with E-state index in [2.05, 4.69) is 13.2 Å². The van der Waals surface area contributed by atoms with Crippen LogP contribution in [0.15, 0.2) is 71.5 Å². The summed E-state index contributed by atoms with van der Waals surface area (Å²) >= 11 is 0. The summed E-state index contributed by atoms with van der Waals surface area (Å²) in [5.74, 6) is 0. The minimum atomic E-state index is -4.14. The molecule has 136 valence electrons. The fourth-order valence-corrected chi connectivity index (χ4v) is 3.07. The maximum absolute atomic E-state index is 10.9. The molecule has 0 spiro atoms. The molecule has 0 heterocycles. The zero-order valence-corrected chi connectivity index (χ0v) is 15.1. The van der Waals surface area contributed by atoms with Crippen molar-refractivity contribution in [3.8, 4) is 0 Å². The standard InChI is InChI=1S/C9H10O3S.C8H8O3S.Na.H/c1-7(2)8-5-3-4-6-9(8)13(10,11)12;1-2-7-3-5-8(6-4-7)12(9,10)11;;/h3-6H,1H2,2H3,(H,10,11,12);2-6H,1H2,(H,9,10,11);;. The number of hydrogen-bond acceptors (Lipinski definition) is 4. The van der Waals surface area contributed by atoms with Crippen molar-refractivity contribution in [3.63, 3.8) is 0 Å². The normalized spacial score (nSPS) is 10.7. The first-order valence-electron chi connectivity index (χ1n) is 6.89. The maximum atomic E-state index is 10.9. The molecule has 0 saturated heterocycles. The number of allylic oxidation sites excluding steroid dienone is 1. The zero-order valence-electron chi connectivity index (χ0n) is 13.5. The summed E-state index contributed by atoms with van der Waals surface area (Å²) in [6.45, 7) is 8.82. The van der Waals surface area contributed by atoms with Gasteiger partial charge in [0, 0.05) is 0 Å². The molecule has 0 amide bonds. The second kappa shape index (κ2) is 10.2. The molecule has 2 aromatic carbocycles. The van der Waals surface area contributed by atoms with E-state index in [0.29, 0.717) is 11.1 Å². The van der Waals surface area contributed by atoms with Crippen molar-refractivity contribution in [3.05, 3.63) is 72.8 Å². The third kappa shape index (κ3) is 7.55. The van der Waals surface area contributed by atoms with Gasteiger partial charge < -0.3 is 0 Å². The number of hydrogen-bond donors (Lipinski definition) is 2. The summed E-state index contributed by atoms with van der Waals surface area (Å²) in [7, 11) is -8.20. The van der Waals surface area contributed by atoms with Gasteiger partial charge in [0.2, 0.25) is 0 Å². The van der Waals surface area contributed by atoms with E-state index in [0.717, 1.165) is 5.56 Å². The fourth-order valence-electron chi connectivity index (χ4n) is 1.82. The molecule has 2 rings (SSSR count). The van der Waals surface area contributed by atoms with Gasteiger partial charge in [-0.15, -0.1) is 0 Å². The van der Waals surface area contributed by atoms with E-state index in [4.69, 9.17) is 9.11 Å². The van der Waals surface area contributed by atoms with Gasteiger partial charge in [-0.3, -0.25) is 9.11 Å². The zero-order chi connectivity index (χ0) is 19.3. The van der Waals surface area contributed by atoms with E-state index in [9.17, 15) is 16.8 Å². The van der Waals surface area contributed by atoms with Crippen LogP contribution in [0.3, 0.4) is 0 Å². The molecule has 2 N–H and O–H groups in total. The predicted molar refractivity (Wildman–Crippen MR) is 104 cm³/mol. The molecule has 0 aliphatic heterocycles. The van der Waals surface area contributed by atoms with Gasteiger partial charge in [0.25, 0.3) is 20.2 Å². The van der Waals surface area contributed by atoms with Crippen molar-refractivity contribution in [2.45, 2.75) is 16.7 Å². The van der Waals surface area contributed by atoms with Crippen molar-refractivity contribution >= 4 is 61.4 Å². The molecule has 26 heavy (non-hydrogen) atoms. The molecule has 0 aromatic heterocycles. The second-order valence-corrected chi connectivity index (χ2v) is 7.81. The molecule has 0 saturated carbocycles. The van der Waals surface area contributed by atoms with E-state index < -0.39 is 20.2 Å². The van der Waals surface area contributed by atoms with Crippen LogP contribution in [0, 0.1) is 0 Å². The molecular weight excluding hydrogens is 387 g/mol. The van der Waals surface area contributed by atoms with Crippen molar-refractivity contribution < 1.29 is 25.9 Å². The molecule has 0 aliphatic carbocycles. The van der Waals surface area contributed by atoms with Gasteiger partial charge in [0.05, 0.1) is 4.90 Å². The monoisotopic (exact) mass is 406 g/mol. The molecule has 0 aliphatic rings. The average Bonchev–Trinajstić information content (AvgIpc) is 2.54. The number of rotatable bonds is 4. The SMILES string of the molecule is C=C(C)c1ccccc1S(=O)(=O)O.C=Cc1ccc(S(=O)(=O)O)cc1.[NaH]. The molecule has 0 unspecified atom stereocenters. The van der Waals surface area contributed by atoms with Crippen LogP contribution < -0.4 is 0 Å². The number of benzene rings is 2. The summed E-state index contributed by atoms with van der Waals surface area (Å²) in [4.78, 5) is -0.199. The Hall–Kier alpha value is -1.26. The van der Waals surface area contributed by atoms with E-state index in [1.54, 1.807) is 43.3 Å². The molecule has 0 fully saturated rings.